The molecule has 3 aromatic rings. The van der Waals surface area contributed by atoms with Gasteiger partial charge in [0.1, 0.15) is 12.0 Å². The molecule has 2 aromatic heterocycles. The van der Waals surface area contributed by atoms with Gasteiger partial charge in [0, 0.05) is 37.4 Å². The van der Waals surface area contributed by atoms with Crippen LogP contribution < -0.4 is 10.3 Å². The van der Waals surface area contributed by atoms with Gasteiger partial charge in [-0.15, -0.1) is 0 Å². The minimum atomic E-state index is -0.750. The molecule has 2 aliphatic rings. The van der Waals surface area contributed by atoms with Crippen molar-refractivity contribution in [3.63, 3.8) is 0 Å². The van der Waals surface area contributed by atoms with Crippen molar-refractivity contribution < 1.29 is 4.39 Å². The standard InChI is InChI=1S/C19H19FN6/c1-24-10-15(9-22-24)13-2-3-14-8-23-26(18(14)6-13)17-4-5-21-19(7-17)25-11-16(20)12-25/h2-9,16,22H,10-12H2,1H3. The summed E-state index contributed by atoms with van der Waals surface area (Å²) < 4.78 is 15.1. The van der Waals surface area contributed by atoms with Crippen molar-refractivity contribution in [2.45, 2.75) is 6.17 Å². The second-order valence-corrected chi connectivity index (χ2v) is 6.86. The van der Waals surface area contributed by atoms with Crippen LogP contribution in [-0.2, 0) is 0 Å². The molecule has 0 spiro atoms. The number of halogens is 1. The lowest BCUT2D eigenvalue weighted by Gasteiger charge is -2.35. The molecular formula is C19H19FN6. The van der Waals surface area contributed by atoms with Gasteiger partial charge in [0.2, 0.25) is 0 Å². The predicted octanol–water partition coefficient (Wildman–Crippen LogP) is 2.37. The Morgan fingerprint density at radius 1 is 1.19 bits per heavy atom. The summed E-state index contributed by atoms with van der Waals surface area (Å²) in [7, 11) is 2.02. The Labute approximate surface area is 150 Å². The molecule has 0 atom stereocenters. The zero-order valence-electron chi connectivity index (χ0n) is 14.4. The molecule has 0 saturated carbocycles. The van der Waals surface area contributed by atoms with Gasteiger partial charge >= 0.3 is 0 Å². The highest BCUT2D eigenvalue weighted by Gasteiger charge is 2.27. The Morgan fingerprint density at radius 3 is 2.85 bits per heavy atom. The van der Waals surface area contributed by atoms with E-state index in [1.165, 1.54) is 11.1 Å². The first-order valence-electron chi connectivity index (χ1n) is 8.67. The average Bonchev–Trinajstić information content (AvgIpc) is 3.24. The summed E-state index contributed by atoms with van der Waals surface area (Å²) in [6, 6.07) is 10.3. The molecule has 1 aromatic carbocycles. The van der Waals surface area contributed by atoms with Crippen LogP contribution in [0.5, 0.6) is 0 Å². The number of nitrogens with one attached hydrogen (secondary N) is 1. The van der Waals surface area contributed by atoms with Crippen LogP contribution in [0.25, 0.3) is 22.2 Å². The summed E-state index contributed by atoms with van der Waals surface area (Å²) in [6.07, 6.45) is 4.91. The lowest BCUT2D eigenvalue weighted by molar-refractivity contribution is 0.273. The maximum atomic E-state index is 13.2. The number of pyridine rings is 1. The minimum Gasteiger partial charge on any atom is -0.351 e. The molecule has 1 N–H and O–H groups in total. The van der Waals surface area contributed by atoms with Crippen LogP contribution in [0.15, 0.2) is 48.9 Å². The van der Waals surface area contributed by atoms with Crippen molar-refractivity contribution in [2.24, 2.45) is 0 Å². The van der Waals surface area contributed by atoms with Gasteiger partial charge in [-0.3, -0.25) is 0 Å². The first-order valence-corrected chi connectivity index (χ1v) is 8.67. The fourth-order valence-electron chi connectivity index (χ4n) is 3.46. The summed E-state index contributed by atoms with van der Waals surface area (Å²) in [4.78, 5) is 6.31. The van der Waals surface area contributed by atoms with E-state index in [0.717, 1.165) is 29.0 Å². The van der Waals surface area contributed by atoms with Crippen molar-refractivity contribution >= 4 is 22.3 Å². The first-order chi connectivity index (χ1) is 12.7. The van der Waals surface area contributed by atoms with Gasteiger partial charge in [0.15, 0.2) is 0 Å². The van der Waals surface area contributed by atoms with E-state index in [9.17, 15) is 4.39 Å². The monoisotopic (exact) mass is 350 g/mol. The molecule has 1 fully saturated rings. The number of benzene rings is 1. The van der Waals surface area contributed by atoms with Gasteiger partial charge in [0.05, 0.1) is 30.5 Å². The van der Waals surface area contributed by atoms with Crippen LogP contribution in [-0.4, -0.2) is 52.6 Å². The summed E-state index contributed by atoms with van der Waals surface area (Å²) in [5.74, 6) is 0.792. The number of nitrogens with zero attached hydrogens (tertiary/aromatic N) is 5. The fourth-order valence-corrected chi connectivity index (χ4v) is 3.46. The maximum absolute atomic E-state index is 13.2. The molecule has 7 heteroatoms. The van der Waals surface area contributed by atoms with E-state index in [4.69, 9.17) is 0 Å². The Kier molecular flexibility index (Phi) is 3.43. The van der Waals surface area contributed by atoms with E-state index in [2.05, 4.69) is 33.7 Å². The highest BCUT2D eigenvalue weighted by Crippen LogP contribution is 2.27. The van der Waals surface area contributed by atoms with Crippen molar-refractivity contribution in [1.82, 2.24) is 25.2 Å². The normalized spacial score (nSPS) is 18.1. The van der Waals surface area contributed by atoms with Crippen molar-refractivity contribution in [3.05, 3.63) is 54.5 Å². The zero-order chi connectivity index (χ0) is 17.7. The highest BCUT2D eigenvalue weighted by atomic mass is 19.1. The smallest absolute Gasteiger partial charge is 0.135 e. The van der Waals surface area contributed by atoms with Gasteiger partial charge in [-0.2, -0.15) is 5.10 Å². The maximum Gasteiger partial charge on any atom is 0.135 e. The van der Waals surface area contributed by atoms with E-state index in [-0.39, 0.29) is 0 Å². The van der Waals surface area contributed by atoms with Crippen molar-refractivity contribution in [1.29, 1.82) is 0 Å². The van der Waals surface area contributed by atoms with Crippen molar-refractivity contribution in [2.75, 3.05) is 31.6 Å². The fraction of sp³-hybridized carbons (Fsp3) is 0.263. The van der Waals surface area contributed by atoms with E-state index in [0.29, 0.717) is 13.1 Å². The number of hydrogen-bond acceptors (Lipinski definition) is 5. The molecule has 0 aliphatic carbocycles. The zero-order valence-corrected chi connectivity index (χ0v) is 14.4. The van der Waals surface area contributed by atoms with Gasteiger partial charge in [-0.1, -0.05) is 12.1 Å². The third-order valence-electron chi connectivity index (χ3n) is 4.94. The number of rotatable bonds is 3. The molecule has 0 bridgehead atoms. The quantitative estimate of drug-likeness (QED) is 0.786. The van der Waals surface area contributed by atoms with Gasteiger partial charge in [0.25, 0.3) is 0 Å². The largest absolute Gasteiger partial charge is 0.351 e. The van der Waals surface area contributed by atoms with E-state index >= 15 is 0 Å². The number of aromatic nitrogens is 3. The van der Waals surface area contributed by atoms with Crippen LogP contribution in [0.3, 0.4) is 0 Å². The van der Waals surface area contributed by atoms with Gasteiger partial charge in [-0.05, 0) is 23.3 Å². The number of hydrogen-bond donors (Lipinski definition) is 1. The molecule has 1 saturated heterocycles. The lowest BCUT2D eigenvalue weighted by atomic mass is 10.1. The lowest BCUT2D eigenvalue weighted by Crippen LogP contribution is -2.48. The summed E-state index contributed by atoms with van der Waals surface area (Å²) in [6.45, 7) is 1.68. The van der Waals surface area contributed by atoms with Crippen LogP contribution in [0.2, 0.25) is 0 Å². The highest BCUT2D eigenvalue weighted by molar-refractivity contribution is 5.85. The molecule has 5 rings (SSSR count). The van der Waals surface area contributed by atoms with Gasteiger partial charge < -0.3 is 10.3 Å². The minimum absolute atomic E-state index is 0.412. The molecule has 0 amide bonds. The Balaban J connectivity index is 1.54. The van der Waals surface area contributed by atoms with Gasteiger partial charge in [-0.25, -0.2) is 19.1 Å². The van der Waals surface area contributed by atoms with Crippen LogP contribution in [0.1, 0.15) is 5.56 Å². The molecule has 0 radical (unpaired) electrons. The Hall–Kier alpha value is -2.93. The second-order valence-electron chi connectivity index (χ2n) is 6.86. The first kappa shape index (κ1) is 15.3. The Bertz CT molecular complexity index is 1000. The third kappa shape index (κ3) is 2.52. The molecule has 6 nitrogen and oxygen atoms in total. The van der Waals surface area contributed by atoms with Crippen LogP contribution in [0, 0.1) is 0 Å². The average molecular weight is 350 g/mol. The molecule has 2 aliphatic heterocycles. The number of likely N-dealkylation sites (N-methyl/N-ethyl adjacent to an activating group) is 1. The SMILES string of the molecule is CN1CC(c2ccc3cnn(-c4ccnc(N5CC(F)C5)c4)c3c2)=CN1. The molecule has 26 heavy (non-hydrogen) atoms. The summed E-state index contributed by atoms with van der Waals surface area (Å²) in [5, 5.41) is 7.68. The number of hydrazine groups is 1. The van der Waals surface area contributed by atoms with E-state index in [1.54, 1.807) is 6.20 Å². The molecular weight excluding hydrogens is 331 g/mol. The number of anilines is 1. The second kappa shape index (κ2) is 5.81. The molecule has 132 valence electrons. The number of fused-ring (bicyclic) bond motifs is 1. The van der Waals surface area contributed by atoms with Crippen LogP contribution in [0.4, 0.5) is 10.2 Å². The summed E-state index contributed by atoms with van der Waals surface area (Å²) in [5.41, 5.74) is 7.59. The predicted molar refractivity (Wildman–Crippen MR) is 99.7 cm³/mol. The molecule has 4 heterocycles. The number of alkyl halides is 1. The van der Waals surface area contributed by atoms with Crippen LogP contribution >= 0.6 is 0 Å². The van der Waals surface area contributed by atoms with Crippen molar-refractivity contribution in [3.8, 4) is 5.69 Å². The third-order valence-corrected chi connectivity index (χ3v) is 4.94. The van der Waals surface area contributed by atoms with E-state index < -0.39 is 6.17 Å². The Morgan fingerprint density at radius 2 is 2.08 bits per heavy atom. The topological polar surface area (TPSA) is 49.2 Å². The van der Waals surface area contributed by atoms with E-state index in [1.807, 2.05) is 46.2 Å². The summed E-state index contributed by atoms with van der Waals surface area (Å²) >= 11 is 0. The molecule has 0 unspecified atom stereocenters.